The Bertz CT molecular complexity index is 1220. The second-order valence-corrected chi connectivity index (χ2v) is 7.69. The van der Waals surface area contributed by atoms with E-state index in [0.717, 1.165) is 41.7 Å². The van der Waals surface area contributed by atoms with E-state index in [0.29, 0.717) is 16.6 Å². The van der Waals surface area contributed by atoms with Gasteiger partial charge in [0.2, 0.25) is 0 Å². The van der Waals surface area contributed by atoms with Crippen LogP contribution in [0.4, 0.5) is 5.69 Å². The van der Waals surface area contributed by atoms with E-state index in [1.165, 1.54) is 4.57 Å². The third kappa shape index (κ3) is 3.50. The molecule has 1 fully saturated rings. The number of nitrogens with zero attached hydrogens (tertiary/aromatic N) is 3. The van der Waals surface area contributed by atoms with Gasteiger partial charge in [0.15, 0.2) is 0 Å². The summed E-state index contributed by atoms with van der Waals surface area (Å²) >= 11 is 0. The fourth-order valence-electron chi connectivity index (χ4n) is 3.96. The number of anilines is 1. The minimum absolute atomic E-state index is 0.166. The van der Waals surface area contributed by atoms with Crippen molar-refractivity contribution in [3.05, 3.63) is 68.9 Å². The Morgan fingerprint density at radius 1 is 1.07 bits per heavy atom. The van der Waals surface area contributed by atoms with Crippen LogP contribution in [0.1, 0.15) is 18.4 Å². The van der Waals surface area contributed by atoms with Gasteiger partial charge in [0.25, 0.3) is 5.56 Å². The van der Waals surface area contributed by atoms with Gasteiger partial charge < -0.3 is 15.7 Å². The minimum atomic E-state index is -1.08. The molecule has 156 valence electrons. The van der Waals surface area contributed by atoms with Gasteiger partial charge in [-0.05, 0) is 55.2 Å². The summed E-state index contributed by atoms with van der Waals surface area (Å²) in [5.74, 6) is -1.08. The number of hydrogen-bond acceptors (Lipinski definition) is 5. The summed E-state index contributed by atoms with van der Waals surface area (Å²) < 4.78 is 2.63. The zero-order chi connectivity index (χ0) is 21.4. The van der Waals surface area contributed by atoms with E-state index in [4.69, 9.17) is 10.8 Å². The van der Waals surface area contributed by atoms with Gasteiger partial charge in [-0.15, -0.1) is 0 Å². The summed E-state index contributed by atoms with van der Waals surface area (Å²) in [6.45, 7) is 1.96. The van der Waals surface area contributed by atoms with Crippen LogP contribution in [-0.4, -0.2) is 39.3 Å². The third-order valence-electron chi connectivity index (χ3n) is 5.69. The highest BCUT2D eigenvalue weighted by molar-refractivity contribution is 5.82. The van der Waals surface area contributed by atoms with Crippen LogP contribution in [0.15, 0.2) is 52.1 Å². The fraction of sp³-hybridized carbons (Fsp3) is 0.318. The van der Waals surface area contributed by atoms with Crippen LogP contribution in [0.2, 0.25) is 0 Å². The predicted molar refractivity (Wildman–Crippen MR) is 116 cm³/mol. The molecule has 0 saturated carbocycles. The van der Waals surface area contributed by atoms with E-state index in [2.05, 4.69) is 4.90 Å². The fourth-order valence-corrected chi connectivity index (χ4v) is 3.96. The lowest BCUT2D eigenvalue weighted by Crippen LogP contribution is -2.38. The van der Waals surface area contributed by atoms with Gasteiger partial charge in [-0.25, -0.2) is 9.36 Å². The van der Waals surface area contributed by atoms with E-state index in [1.54, 1.807) is 37.4 Å². The molecule has 0 spiro atoms. The van der Waals surface area contributed by atoms with Crippen LogP contribution >= 0.6 is 0 Å². The molecule has 1 saturated heterocycles. The number of aromatic nitrogens is 2. The van der Waals surface area contributed by atoms with Crippen molar-refractivity contribution in [1.29, 1.82) is 0 Å². The Hall–Kier alpha value is -3.39. The van der Waals surface area contributed by atoms with Crippen LogP contribution < -0.4 is 21.9 Å². The molecule has 1 aliphatic rings. The molecule has 8 heteroatoms. The molecule has 0 bridgehead atoms. The van der Waals surface area contributed by atoms with Gasteiger partial charge in [0.05, 0.1) is 16.6 Å². The quantitative estimate of drug-likeness (QED) is 0.657. The highest BCUT2D eigenvalue weighted by Crippen LogP contribution is 2.23. The van der Waals surface area contributed by atoms with E-state index in [-0.39, 0.29) is 12.0 Å². The van der Waals surface area contributed by atoms with Crippen LogP contribution in [0.25, 0.3) is 16.6 Å². The maximum atomic E-state index is 13.1. The second kappa shape index (κ2) is 7.79. The highest BCUT2D eigenvalue weighted by atomic mass is 16.4. The van der Waals surface area contributed by atoms with Gasteiger partial charge in [-0.2, -0.15) is 0 Å². The number of carbonyl (C=O) groups is 1. The third-order valence-corrected chi connectivity index (χ3v) is 5.69. The molecule has 1 aliphatic heterocycles. The lowest BCUT2D eigenvalue weighted by atomic mass is 10.1. The molecule has 3 aromatic rings. The molecule has 30 heavy (non-hydrogen) atoms. The lowest BCUT2D eigenvalue weighted by Gasteiger charge is -2.19. The number of aryl methyl sites for hydroxylation is 1. The Morgan fingerprint density at radius 3 is 2.33 bits per heavy atom. The number of rotatable bonds is 5. The maximum Gasteiger partial charge on any atom is 0.335 e. The smallest absolute Gasteiger partial charge is 0.335 e. The van der Waals surface area contributed by atoms with Gasteiger partial charge in [-0.3, -0.25) is 14.2 Å². The van der Waals surface area contributed by atoms with Crippen molar-refractivity contribution < 1.29 is 9.90 Å². The molecule has 3 N–H and O–H groups in total. The number of carboxylic acids is 1. The van der Waals surface area contributed by atoms with Crippen LogP contribution in [0, 0.1) is 0 Å². The Labute approximate surface area is 172 Å². The molecule has 2 heterocycles. The summed E-state index contributed by atoms with van der Waals surface area (Å²) in [6.07, 6.45) is 2.46. The van der Waals surface area contributed by atoms with Crippen molar-refractivity contribution in [2.45, 2.75) is 25.3 Å². The molecular weight excluding hydrogens is 384 g/mol. The summed E-state index contributed by atoms with van der Waals surface area (Å²) in [4.78, 5) is 39.3. The number of fused-ring (bicyclic) bond motifs is 1. The van der Waals surface area contributed by atoms with Crippen LogP contribution in [0.3, 0.4) is 0 Å². The number of benzene rings is 2. The Morgan fingerprint density at radius 2 is 1.70 bits per heavy atom. The molecule has 1 unspecified atom stereocenters. The summed E-state index contributed by atoms with van der Waals surface area (Å²) in [5.41, 5.74) is 7.54. The summed E-state index contributed by atoms with van der Waals surface area (Å²) in [5, 5.41) is 9.42. The molecule has 0 amide bonds. The van der Waals surface area contributed by atoms with Crippen LogP contribution in [0.5, 0.6) is 0 Å². The van der Waals surface area contributed by atoms with Gasteiger partial charge >= 0.3 is 11.7 Å². The van der Waals surface area contributed by atoms with Gasteiger partial charge in [0.1, 0.15) is 6.04 Å². The number of carboxylic acid groups (broad SMARTS) is 1. The Kier molecular flexibility index (Phi) is 5.17. The zero-order valence-electron chi connectivity index (χ0n) is 16.7. The molecule has 1 atom stereocenters. The molecule has 2 aromatic carbocycles. The zero-order valence-corrected chi connectivity index (χ0v) is 16.7. The first kappa shape index (κ1) is 19.9. The molecule has 1 aromatic heterocycles. The normalized spacial score (nSPS) is 14.9. The average molecular weight is 408 g/mol. The first-order valence-corrected chi connectivity index (χ1v) is 9.95. The van der Waals surface area contributed by atoms with Crippen molar-refractivity contribution in [3.8, 4) is 5.69 Å². The minimum Gasteiger partial charge on any atom is -0.480 e. The Balaban J connectivity index is 1.76. The van der Waals surface area contributed by atoms with E-state index in [1.807, 2.05) is 12.1 Å². The summed E-state index contributed by atoms with van der Waals surface area (Å²) in [6, 6.07) is 11.3. The van der Waals surface area contributed by atoms with E-state index in [9.17, 15) is 14.4 Å². The van der Waals surface area contributed by atoms with Gasteiger partial charge in [-0.1, -0.05) is 12.1 Å². The SMILES string of the molecule is Cn1c(=O)n(-c2ccc(CC(N)C(=O)O)cc2)c(=O)c2ccc(N3CCCC3)cc21. The topological polar surface area (TPSA) is 111 Å². The van der Waals surface area contributed by atoms with E-state index >= 15 is 0 Å². The van der Waals surface area contributed by atoms with Crippen molar-refractivity contribution in [2.24, 2.45) is 12.8 Å². The van der Waals surface area contributed by atoms with Crippen molar-refractivity contribution in [1.82, 2.24) is 9.13 Å². The first-order chi connectivity index (χ1) is 14.4. The monoisotopic (exact) mass is 408 g/mol. The summed E-state index contributed by atoms with van der Waals surface area (Å²) in [7, 11) is 1.66. The lowest BCUT2D eigenvalue weighted by molar-refractivity contribution is -0.138. The average Bonchev–Trinajstić information content (AvgIpc) is 3.28. The van der Waals surface area contributed by atoms with Gasteiger partial charge in [0, 0.05) is 25.8 Å². The van der Waals surface area contributed by atoms with Crippen LogP contribution in [-0.2, 0) is 18.3 Å². The predicted octanol–water partition coefficient (Wildman–Crippen LogP) is 1.24. The standard InChI is InChI=1S/C22H24N4O4/c1-24-19-13-16(25-10-2-3-11-25)8-9-17(19)20(27)26(22(24)30)15-6-4-14(5-7-15)12-18(23)21(28)29/h4-9,13,18H,2-3,10-12,23H2,1H3,(H,28,29). The van der Waals surface area contributed by atoms with Crippen molar-refractivity contribution >= 4 is 22.6 Å². The molecule has 0 aliphatic carbocycles. The number of hydrogen-bond donors (Lipinski definition) is 2. The molecular formula is C22H24N4O4. The molecule has 8 nitrogen and oxygen atoms in total. The number of nitrogens with two attached hydrogens (primary N) is 1. The van der Waals surface area contributed by atoms with E-state index < -0.39 is 17.7 Å². The molecule has 0 radical (unpaired) electrons. The number of aliphatic carboxylic acids is 1. The maximum absolute atomic E-state index is 13.1. The first-order valence-electron chi connectivity index (χ1n) is 9.95. The highest BCUT2D eigenvalue weighted by Gasteiger charge is 2.17. The van der Waals surface area contributed by atoms with Crippen molar-refractivity contribution in [2.75, 3.05) is 18.0 Å². The van der Waals surface area contributed by atoms with Crippen molar-refractivity contribution in [3.63, 3.8) is 0 Å². The second-order valence-electron chi connectivity index (χ2n) is 7.69. The molecule has 4 rings (SSSR count). The largest absolute Gasteiger partial charge is 0.480 e.